The second-order valence-corrected chi connectivity index (χ2v) is 11.9. The number of allylic oxidation sites excluding steroid dienone is 3. The summed E-state index contributed by atoms with van der Waals surface area (Å²) in [7, 11) is 0. The van der Waals surface area contributed by atoms with Crippen molar-refractivity contribution in [1.82, 2.24) is 0 Å². The van der Waals surface area contributed by atoms with E-state index >= 15 is 0 Å². The van der Waals surface area contributed by atoms with Gasteiger partial charge in [0.1, 0.15) is 5.82 Å². The number of nitrogens with zero attached hydrogens (tertiary/aromatic N) is 2. The molecule has 1 unspecified atom stereocenters. The van der Waals surface area contributed by atoms with Crippen LogP contribution in [0.5, 0.6) is 0 Å². The molecule has 166 valence electrons. The molecule has 4 rings (SSSR count). The first kappa shape index (κ1) is 22.4. The minimum Gasteiger partial charge on any atom is -0.384 e. The molecular weight excluding hydrogens is 414 g/mol. The number of Topliss-reactive ketones (excluding diaryl/α,β-unsaturated/α-hetero) is 1. The summed E-state index contributed by atoms with van der Waals surface area (Å²) in [5.74, 6) is 0.141. The van der Waals surface area contributed by atoms with Gasteiger partial charge in [0.05, 0.1) is 17.6 Å². The third kappa shape index (κ3) is 3.78. The number of nitriles is 1. The molecule has 0 saturated carbocycles. The number of rotatable bonds is 2. The Kier molecular flexibility index (Phi) is 5.33. The van der Waals surface area contributed by atoms with Crippen LogP contribution in [0.1, 0.15) is 68.7 Å². The molecule has 1 aliphatic carbocycles. The molecule has 0 saturated heterocycles. The first-order chi connectivity index (χ1) is 14.9. The molecule has 0 fully saturated rings. The van der Waals surface area contributed by atoms with Gasteiger partial charge in [-0.1, -0.05) is 52.3 Å². The summed E-state index contributed by atoms with van der Waals surface area (Å²) in [6.07, 6.45) is 1.20. The Labute approximate surface area is 195 Å². The van der Waals surface area contributed by atoms with Gasteiger partial charge in [-0.15, -0.1) is 11.3 Å². The molecule has 0 amide bonds. The molecule has 1 aliphatic heterocycles. The van der Waals surface area contributed by atoms with Crippen LogP contribution in [0.15, 0.2) is 59.1 Å². The van der Waals surface area contributed by atoms with Gasteiger partial charge in [0.25, 0.3) is 0 Å². The van der Waals surface area contributed by atoms with Crippen molar-refractivity contribution in [1.29, 1.82) is 5.26 Å². The number of aryl methyl sites for hydroxylation is 1. The van der Waals surface area contributed by atoms with E-state index in [9.17, 15) is 10.1 Å². The minimum atomic E-state index is -0.401. The van der Waals surface area contributed by atoms with E-state index in [1.807, 2.05) is 36.1 Å². The van der Waals surface area contributed by atoms with E-state index < -0.39 is 5.92 Å². The summed E-state index contributed by atoms with van der Waals surface area (Å²) in [4.78, 5) is 17.8. The number of carbonyl (C=O) groups is 1. The molecule has 2 N–H and O–H groups in total. The van der Waals surface area contributed by atoms with Gasteiger partial charge < -0.3 is 5.73 Å². The number of hydrogen-bond acceptors (Lipinski definition) is 5. The fraction of sp³-hybridized carbons (Fsp3) is 0.407. The maximum Gasteiger partial charge on any atom is 0.162 e. The van der Waals surface area contributed by atoms with E-state index in [4.69, 9.17) is 5.73 Å². The van der Waals surface area contributed by atoms with Crippen LogP contribution in [0.3, 0.4) is 0 Å². The van der Waals surface area contributed by atoms with Crippen LogP contribution < -0.4 is 10.6 Å². The number of hydrogen-bond donors (Lipinski definition) is 1. The average molecular weight is 446 g/mol. The van der Waals surface area contributed by atoms with Gasteiger partial charge in [-0.2, -0.15) is 5.26 Å². The third-order valence-electron chi connectivity index (χ3n) is 6.32. The normalized spacial score (nSPS) is 21.0. The number of carbonyl (C=O) groups excluding carboxylic acids is 1. The molecular formula is C27H31N3OS. The summed E-state index contributed by atoms with van der Waals surface area (Å²) < 4.78 is 0. The second-order valence-electron chi connectivity index (χ2n) is 10.8. The number of benzene rings is 1. The van der Waals surface area contributed by atoms with E-state index in [2.05, 4.69) is 52.8 Å². The third-order valence-corrected chi connectivity index (χ3v) is 7.90. The summed E-state index contributed by atoms with van der Waals surface area (Å²) in [6, 6.07) is 14.6. The zero-order chi connectivity index (χ0) is 23.4. The predicted octanol–water partition coefficient (Wildman–Crippen LogP) is 6.29. The molecule has 4 nitrogen and oxygen atoms in total. The van der Waals surface area contributed by atoms with Crippen molar-refractivity contribution in [2.75, 3.05) is 4.90 Å². The maximum atomic E-state index is 13.6. The van der Waals surface area contributed by atoms with Crippen molar-refractivity contribution in [3.05, 3.63) is 74.4 Å². The van der Waals surface area contributed by atoms with E-state index in [1.54, 1.807) is 11.3 Å². The quantitative estimate of drug-likeness (QED) is 0.589. The standard InChI is InChI=1S/C27H31N3OS/c1-16-7-9-17(10-8-16)30-19-13-27(5,6)14-20(31)24(19)23(18(15-28)25(30)29)21-11-12-22(32-21)26(2,3)4/h7-12,23H,13-14,29H2,1-6H3. The smallest absolute Gasteiger partial charge is 0.162 e. The fourth-order valence-electron chi connectivity index (χ4n) is 4.69. The fourth-order valence-corrected chi connectivity index (χ4v) is 5.88. The number of anilines is 1. The lowest BCUT2D eigenvalue weighted by atomic mass is 9.69. The lowest BCUT2D eigenvalue weighted by Gasteiger charge is -2.43. The summed E-state index contributed by atoms with van der Waals surface area (Å²) >= 11 is 1.68. The molecule has 1 aromatic carbocycles. The monoisotopic (exact) mass is 445 g/mol. The van der Waals surface area contributed by atoms with Gasteiger partial charge in [-0.05, 0) is 48.4 Å². The molecule has 0 spiro atoms. The average Bonchev–Trinajstić information content (AvgIpc) is 3.18. The zero-order valence-electron chi connectivity index (χ0n) is 19.7. The molecule has 2 aliphatic rings. The van der Waals surface area contributed by atoms with Gasteiger partial charge in [0, 0.05) is 33.1 Å². The van der Waals surface area contributed by atoms with Crippen molar-refractivity contribution in [3.63, 3.8) is 0 Å². The molecule has 0 radical (unpaired) electrons. The summed E-state index contributed by atoms with van der Waals surface area (Å²) in [5, 5.41) is 10.2. The van der Waals surface area contributed by atoms with Gasteiger partial charge >= 0.3 is 0 Å². The molecule has 1 aromatic heterocycles. The predicted molar refractivity (Wildman–Crippen MR) is 131 cm³/mol. The number of nitrogens with two attached hydrogens (primary N) is 1. The van der Waals surface area contributed by atoms with Gasteiger partial charge in [-0.3, -0.25) is 9.69 Å². The summed E-state index contributed by atoms with van der Waals surface area (Å²) in [6.45, 7) is 12.8. The van der Waals surface area contributed by atoms with Crippen LogP contribution in [-0.2, 0) is 10.2 Å². The highest BCUT2D eigenvalue weighted by molar-refractivity contribution is 7.12. The zero-order valence-corrected chi connectivity index (χ0v) is 20.6. The Balaban J connectivity index is 1.96. The van der Waals surface area contributed by atoms with E-state index in [-0.39, 0.29) is 16.6 Å². The van der Waals surface area contributed by atoms with Crippen LogP contribution in [0.25, 0.3) is 0 Å². The van der Waals surface area contributed by atoms with Gasteiger partial charge in [0.2, 0.25) is 0 Å². The lowest BCUT2D eigenvalue weighted by Crippen LogP contribution is -2.42. The molecule has 5 heteroatoms. The highest BCUT2D eigenvalue weighted by atomic mass is 32.1. The molecule has 0 bridgehead atoms. The van der Waals surface area contributed by atoms with Crippen molar-refractivity contribution in [2.24, 2.45) is 11.1 Å². The van der Waals surface area contributed by atoms with Crippen molar-refractivity contribution >= 4 is 22.8 Å². The van der Waals surface area contributed by atoms with Crippen LogP contribution in [0, 0.1) is 23.7 Å². The highest BCUT2D eigenvalue weighted by Crippen LogP contribution is 2.51. The Morgan fingerprint density at radius 2 is 1.78 bits per heavy atom. The largest absolute Gasteiger partial charge is 0.384 e. The van der Waals surface area contributed by atoms with Crippen LogP contribution >= 0.6 is 11.3 Å². The Morgan fingerprint density at radius 1 is 1.12 bits per heavy atom. The van der Waals surface area contributed by atoms with Crippen molar-refractivity contribution in [3.8, 4) is 6.07 Å². The minimum absolute atomic E-state index is 0.00333. The van der Waals surface area contributed by atoms with Crippen LogP contribution in [0.2, 0.25) is 0 Å². The molecule has 32 heavy (non-hydrogen) atoms. The van der Waals surface area contributed by atoms with Crippen LogP contribution in [-0.4, -0.2) is 5.78 Å². The van der Waals surface area contributed by atoms with Crippen molar-refractivity contribution < 1.29 is 4.79 Å². The number of thiophene rings is 1. The molecule has 2 heterocycles. The Bertz CT molecular complexity index is 1180. The van der Waals surface area contributed by atoms with Gasteiger partial charge in [0.15, 0.2) is 5.78 Å². The number of ketones is 1. The van der Waals surface area contributed by atoms with Crippen LogP contribution in [0.4, 0.5) is 5.69 Å². The first-order valence-electron chi connectivity index (χ1n) is 11.1. The SMILES string of the molecule is Cc1ccc(N2C(N)=C(C#N)C(c3ccc(C(C)(C)C)s3)C3=C2CC(C)(C)CC3=O)cc1. The van der Waals surface area contributed by atoms with Gasteiger partial charge in [-0.25, -0.2) is 0 Å². The van der Waals surface area contributed by atoms with Crippen molar-refractivity contribution in [2.45, 2.75) is 65.7 Å². The molecule has 1 atom stereocenters. The van der Waals surface area contributed by atoms with E-state index in [1.165, 1.54) is 4.88 Å². The second kappa shape index (κ2) is 7.64. The lowest BCUT2D eigenvalue weighted by molar-refractivity contribution is -0.118. The highest BCUT2D eigenvalue weighted by Gasteiger charge is 2.45. The maximum absolute atomic E-state index is 13.6. The first-order valence-corrected chi connectivity index (χ1v) is 11.9. The Morgan fingerprint density at radius 3 is 2.34 bits per heavy atom. The topological polar surface area (TPSA) is 70.1 Å². The van der Waals surface area contributed by atoms with E-state index in [0.29, 0.717) is 17.8 Å². The summed E-state index contributed by atoms with van der Waals surface area (Å²) in [5.41, 5.74) is 10.7. The Hall–Kier alpha value is -2.84. The molecule has 2 aromatic rings. The van der Waals surface area contributed by atoms with E-state index in [0.717, 1.165) is 33.8 Å².